The third kappa shape index (κ3) is 4.99. The summed E-state index contributed by atoms with van der Waals surface area (Å²) in [5.41, 5.74) is 0.798. The summed E-state index contributed by atoms with van der Waals surface area (Å²) >= 11 is 0. The SMILES string of the molecule is COC(=O)C1=COC(C)C(C=O)C1CC(=O)OCCc1ccc(O)c(O)c1. The fourth-order valence-electron chi connectivity index (χ4n) is 2.91. The average molecular weight is 378 g/mol. The molecule has 1 aliphatic heterocycles. The van der Waals surface area contributed by atoms with E-state index in [1.165, 1.54) is 25.5 Å². The number of rotatable bonds is 7. The molecule has 8 heteroatoms. The molecule has 0 spiro atoms. The van der Waals surface area contributed by atoms with E-state index in [-0.39, 0.29) is 30.1 Å². The summed E-state index contributed by atoms with van der Waals surface area (Å²) in [7, 11) is 1.21. The fraction of sp³-hybridized carbons (Fsp3) is 0.421. The topological polar surface area (TPSA) is 119 Å². The van der Waals surface area contributed by atoms with Crippen molar-refractivity contribution in [1.29, 1.82) is 0 Å². The van der Waals surface area contributed by atoms with Gasteiger partial charge >= 0.3 is 11.9 Å². The van der Waals surface area contributed by atoms with E-state index < -0.39 is 29.9 Å². The number of methoxy groups -OCH3 is 1. The van der Waals surface area contributed by atoms with Crippen molar-refractivity contribution in [3.05, 3.63) is 35.6 Å². The predicted octanol–water partition coefficient (Wildman–Crippen LogP) is 1.48. The van der Waals surface area contributed by atoms with Crippen molar-refractivity contribution in [1.82, 2.24) is 0 Å². The second-order valence-electron chi connectivity index (χ2n) is 6.22. The predicted molar refractivity (Wildman–Crippen MR) is 92.7 cm³/mol. The van der Waals surface area contributed by atoms with Gasteiger partial charge in [0.2, 0.25) is 0 Å². The lowest BCUT2D eigenvalue weighted by molar-refractivity contribution is -0.146. The van der Waals surface area contributed by atoms with Crippen molar-refractivity contribution in [3.63, 3.8) is 0 Å². The molecule has 0 aliphatic carbocycles. The first-order chi connectivity index (χ1) is 12.9. The summed E-state index contributed by atoms with van der Waals surface area (Å²) in [4.78, 5) is 35.5. The minimum absolute atomic E-state index is 0.0465. The number of aldehydes is 1. The van der Waals surface area contributed by atoms with Gasteiger partial charge in [0, 0.05) is 12.3 Å². The van der Waals surface area contributed by atoms with Gasteiger partial charge < -0.3 is 29.2 Å². The zero-order valence-corrected chi connectivity index (χ0v) is 15.1. The smallest absolute Gasteiger partial charge is 0.337 e. The molecule has 0 saturated carbocycles. The van der Waals surface area contributed by atoms with E-state index in [1.54, 1.807) is 13.0 Å². The van der Waals surface area contributed by atoms with Crippen LogP contribution >= 0.6 is 0 Å². The first-order valence-electron chi connectivity index (χ1n) is 8.43. The zero-order chi connectivity index (χ0) is 20.0. The Balaban J connectivity index is 1.97. The van der Waals surface area contributed by atoms with Gasteiger partial charge in [0.25, 0.3) is 0 Å². The molecular formula is C19H22O8. The van der Waals surface area contributed by atoms with E-state index in [0.717, 1.165) is 0 Å². The number of hydrogen-bond donors (Lipinski definition) is 2. The van der Waals surface area contributed by atoms with Gasteiger partial charge in [-0.1, -0.05) is 6.07 Å². The van der Waals surface area contributed by atoms with Crippen LogP contribution in [0.15, 0.2) is 30.0 Å². The Morgan fingerprint density at radius 1 is 1.26 bits per heavy atom. The van der Waals surface area contributed by atoms with Crippen molar-refractivity contribution >= 4 is 18.2 Å². The first kappa shape index (κ1) is 20.3. The molecule has 146 valence electrons. The Bertz CT molecular complexity index is 739. The van der Waals surface area contributed by atoms with Crippen molar-refractivity contribution in [2.24, 2.45) is 11.8 Å². The minimum Gasteiger partial charge on any atom is -0.504 e. The molecule has 1 aromatic rings. The highest BCUT2D eigenvalue weighted by Gasteiger charge is 2.39. The lowest BCUT2D eigenvalue weighted by Gasteiger charge is -2.32. The van der Waals surface area contributed by atoms with Crippen LogP contribution in [0.25, 0.3) is 0 Å². The lowest BCUT2D eigenvalue weighted by Crippen LogP contribution is -2.37. The minimum atomic E-state index is -0.691. The van der Waals surface area contributed by atoms with Crippen LogP contribution in [-0.4, -0.2) is 48.3 Å². The van der Waals surface area contributed by atoms with Gasteiger partial charge in [0.05, 0.1) is 37.9 Å². The summed E-state index contributed by atoms with van der Waals surface area (Å²) in [6.45, 7) is 1.73. The Labute approximate surface area is 156 Å². The number of phenols is 2. The van der Waals surface area contributed by atoms with Gasteiger partial charge in [-0.15, -0.1) is 0 Å². The van der Waals surface area contributed by atoms with Crippen LogP contribution in [-0.2, 0) is 35.0 Å². The van der Waals surface area contributed by atoms with Crippen LogP contribution in [0.2, 0.25) is 0 Å². The highest BCUT2D eigenvalue weighted by Crippen LogP contribution is 2.33. The molecule has 1 heterocycles. The van der Waals surface area contributed by atoms with Gasteiger partial charge in [-0.3, -0.25) is 4.79 Å². The quantitative estimate of drug-likeness (QED) is 0.416. The lowest BCUT2D eigenvalue weighted by atomic mass is 9.80. The molecule has 0 saturated heterocycles. The Hall–Kier alpha value is -3.03. The van der Waals surface area contributed by atoms with Gasteiger partial charge in [-0.05, 0) is 24.6 Å². The molecule has 3 unspecified atom stereocenters. The molecule has 1 aromatic carbocycles. The van der Waals surface area contributed by atoms with E-state index >= 15 is 0 Å². The van der Waals surface area contributed by atoms with Crippen molar-refractivity contribution in [3.8, 4) is 11.5 Å². The summed E-state index contributed by atoms with van der Waals surface area (Å²) < 4.78 is 15.2. The number of benzene rings is 1. The monoisotopic (exact) mass is 378 g/mol. The summed E-state index contributed by atoms with van der Waals surface area (Å²) in [6.07, 6.45) is 1.58. The summed E-state index contributed by atoms with van der Waals surface area (Å²) in [5.74, 6) is -3.08. The van der Waals surface area contributed by atoms with Crippen molar-refractivity contribution in [2.45, 2.75) is 25.9 Å². The van der Waals surface area contributed by atoms with Crippen molar-refractivity contribution in [2.75, 3.05) is 13.7 Å². The van der Waals surface area contributed by atoms with Gasteiger partial charge in [0.1, 0.15) is 12.4 Å². The number of aromatic hydroxyl groups is 2. The molecule has 2 rings (SSSR count). The van der Waals surface area contributed by atoms with Crippen molar-refractivity contribution < 1.29 is 38.8 Å². The normalized spacial score (nSPS) is 21.6. The molecule has 8 nitrogen and oxygen atoms in total. The second-order valence-corrected chi connectivity index (χ2v) is 6.22. The zero-order valence-electron chi connectivity index (χ0n) is 15.1. The largest absolute Gasteiger partial charge is 0.504 e. The first-order valence-corrected chi connectivity index (χ1v) is 8.43. The molecule has 3 atom stereocenters. The van der Waals surface area contributed by atoms with Crippen LogP contribution in [0.3, 0.4) is 0 Å². The average Bonchev–Trinajstić information content (AvgIpc) is 2.64. The Morgan fingerprint density at radius 3 is 2.63 bits per heavy atom. The molecule has 2 N–H and O–H groups in total. The maximum Gasteiger partial charge on any atom is 0.337 e. The number of hydrogen-bond acceptors (Lipinski definition) is 8. The Kier molecular flexibility index (Phi) is 6.81. The maximum absolute atomic E-state index is 12.2. The van der Waals surface area contributed by atoms with E-state index in [0.29, 0.717) is 18.3 Å². The van der Waals surface area contributed by atoms with E-state index in [2.05, 4.69) is 0 Å². The van der Waals surface area contributed by atoms with Crippen LogP contribution in [0.1, 0.15) is 18.9 Å². The van der Waals surface area contributed by atoms with Crippen LogP contribution in [0.4, 0.5) is 0 Å². The number of carbonyl (C=O) groups excluding carboxylic acids is 3. The third-order valence-electron chi connectivity index (χ3n) is 4.47. The number of esters is 2. The molecule has 0 bridgehead atoms. The molecule has 1 aliphatic rings. The van der Waals surface area contributed by atoms with Gasteiger partial charge in [-0.2, -0.15) is 0 Å². The second kappa shape index (κ2) is 9.07. The summed E-state index contributed by atoms with van der Waals surface area (Å²) in [6, 6.07) is 4.32. The van der Waals surface area contributed by atoms with Gasteiger partial charge in [0.15, 0.2) is 11.5 Å². The molecule has 0 aromatic heterocycles. The van der Waals surface area contributed by atoms with E-state index in [1.807, 2.05) is 0 Å². The fourth-order valence-corrected chi connectivity index (χ4v) is 2.91. The molecule has 0 radical (unpaired) electrons. The van der Waals surface area contributed by atoms with E-state index in [9.17, 15) is 24.6 Å². The molecule has 0 amide bonds. The standard InChI is InChI=1S/C19H22O8/c1-11-14(9-20)13(15(10-27-11)19(24)25-2)8-18(23)26-6-5-12-3-4-16(21)17(22)7-12/h3-4,7,9-11,13-14,21-22H,5-6,8H2,1-2H3. The number of carbonyl (C=O) groups is 3. The highest BCUT2D eigenvalue weighted by atomic mass is 16.5. The van der Waals surface area contributed by atoms with Gasteiger partial charge in [-0.25, -0.2) is 4.79 Å². The van der Waals surface area contributed by atoms with Crippen LogP contribution < -0.4 is 0 Å². The Morgan fingerprint density at radius 2 is 2.00 bits per heavy atom. The summed E-state index contributed by atoms with van der Waals surface area (Å²) in [5, 5.41) is 18.7. The molecule has 27 heavy (non-hydrogen) atoms. The molecular weight excluding hydrogens is 356 g/mol. The van der Waals surface area contributed by atoms with Crippen LogP contribution in [0.5, 0.6) is 11.5 Å². The maximum atomic E-state index is 12.2. The number of phenolic OH excluding ortho intramolecular Hbond substituents is 2. The number of ether oxygens (including phenoxy) is 3. The highest BCUT2D eigenvalue weighted by molar-refractivity contribution is 5.90. The van der Waals surface area contributed by atoms with E-state index in [4.69, 9.17) is 14.2 Å². The van der Waals surface area contributed by atoms with Crippen LogP contribution in [0, 0.1) is 11.8 Å². The molecule has 0 fully saturated rings. The third-order valence-corrected chi connectivity index (χ3v) is 4.47.